The topological polar surface area (TPSA) is 3.24 Å². The molecule has 0 aromatic rings. The van der Waals surface area contributed by atoms with Crippen LogP contribution < -0.4 is 0 Å². The van der Waals surface area contributed by atoms with Crippen LogP contribution in [-0.4, -0.2) is 36.8 Å². The second-order valence-corrected chi connectivity index (χ2v) is 3.85. The van der Waals surface area contributed by atoms with Gasteiger partial charge in [0.05, 0.1) is 0 Å². The highest BCUT2D eigenvalue weighted by molar-refractivity contribution is 6.18. The molecule has 0 fully saturated rings. The van der Waals surface area contributed by atoms with Gasteiger partial charge in [-0.25, -0.2) is 0 Å². The van der Waals surface area contributed by atoms with Gasteiger partial charge in [-0.15, -0.1) is 23.2 Å². The Balaban J connectivity index is 2.97. The molecule has 0 saturated heterocycles. The lowest BCUT2D eigenvalue weighted by atomic mass is 10.2. The van der Waals surface area contributed by atoms with E-state index in [1.165, 1.54) is 19.3 Å². The Morgan fingerprint density at radius 2 is 1.50 bits per heavy atom. The van der Waals surface area contributed by atoms with E-state index in [4.69, 9.17) is 23.2 Å². The normalized spacial score (nSPS) is 11.0. The lowest BCUT2D eigenvalue weighted by molar-refractivity contribution is 0.343. The third-order valence-corrected chi connectivity index (χ3v) is 2.33. The maximum atomic E-state index is 5.60. The van der Waals surface area contributed by atoms with Crippen LogP contribution in [0.5, 0.6) is 0 Å². The number of alkyl halides is 2. The summed E-state index contributed by atoms with van der Waals surface area (Å²) in [6, 6.07) is 0. The van der Waals surface area contributed by atoms with Crippen LogP contribution in [0, 0.1) is 0 Å². The summed E-state index contributed by atoms with van der Waals surface area (Å²) in [5.74, 6) is 1.54. The van der Waals surface area contributed by atoms with Crippen molar-refractivity contribution in [3.63, 3.8) is 0 Å². The summed E-state index contributed by atoms with van der Waals surface area (Å²) in [4.78, 5) is 2.27. The molecule has 0 aliphatic carbocycles. The van der Waals surface area contributed by atoms with Crippen LogP contribution in [-0.2, 0) is 0 Å². The van der Waals surface area contributed by atoms with Crippen LogP contribution in [0.25, 0.3) is 0 Å². The predicted octanol–water partition coefficient (Wildman–Crippen LogP) is 2.96. The minimum atomic E-state index is 0.734. The highest BCUT2D eigenvalue weighted by Crippen LogP contribution is 2.01. The molecule has 0 saturated carbocycles. The summed E-state index contributed by atoms with van der Waals surface area (Å²) >= 11 is 11.2. The van der Waals surface area contributed by atoms with Crippen molar-refractivity contribution >= 4 is 23.2 Å². The summed E-state index contributed by atoms with van der Waals surface area (Å²) in [6.45, 7) is 2.16. The van der Waals surface area contributed by atoms with E-state index in [1.807, 2.05) is 0 Å². The second-order valence-electron chi connectivity index (χ2n) is 3.10. The Kier molecular flexibility index (Phi) is 10.1. The first-order valence-corrected chi connectivity index (χ1v) is 5.68. The summed E-state index contributed by atoms with van der Waals surface area (Å²) in [6.07, 6.45) is 4.97. The molecule has 0 spiro atoms. The average molecular weight is 212 g/mol. The molecule has 3 heteroatoms. The molecule has 0 N–H and O–H groups in total. The van der Waals surface area contributed by atoms with Gasteiger partial charge < -0.3 is 4.90 Å². The summed E-state index contributed by atoms with van der Waals surface area (Å²) in [5.41, 5.74) is 0. The van der Waals surface area contributed by atoms with Crippen LogP contribution in [0.2, 0.25) is 0 Å². The van der Waals surface area contributed by atoms with E-state index >= 15 is 0 Å². The van der Waals surface area contributed by atoms with Crippen LogP contribution in [0.4, 0.5) is 0 Å². The van der Waals surface area contributed by atoms with E-state index in [2.05, 4.69) is 11.9 Å². The highest BCUT2D eigenvalue weighted by atomic mass is 35.5. The third-order valence-electron chi connectivity index (χ3n) is 1.89. The van der Waals surface area contributed by atoms with Crippen molar-refractivity contribution in [2.45, 2.75) is 25.7 Å². The van der Waals surface area contributed by atoms with E-state index in [0.717, 1.165) is 31.3 Å². The zero-order valence-corrected chi connectivity index (χ0v) is 9.37. The molecule has 0 aromatic heterocycles. The molecule has 0 aliphatic heterocycles. The van der Waals surface area contributed by atoms with Gasteiger partial charge in [0.15, 0.2) is 0 Å². The molecule has 0 atom stereocenters. The Hall–Kier alpha value is 0.540. The smallest absolute Gasteiger partial charge is 0.0351 e. The average Bonchev–Trinajstić information content (AvgIpc) is 2.05. The number of halogens is 2. The van der Waals surface area contributed by atoms with Crippen molar-refractivity contribution in [3.8, 4) is 0 Å². The largest absolute Gasteiger partial charge is 0.305 e. The third kappa shape index (κ3) is 8.63. The van der Waals surface area contributed by atoms with Gasteiger partial charge in [-0.3, -0.25) is 0 Å². The molecular weight excluding hydrogens is 193 g/mol. The Bertz CT molecular complexity index is 88.6. The molecule has 0 bridgehead atoms. The van der Waals surface area contributed by atoms with Crippen molar-refractivity contribution < 1.29 is 0 Å². The van der Waals surface area contributed by atoms with E-state index < -0.39 is 0 Å². The van der Waals surface area contributed by atoms with Crippen molar-refractivity contribution in [3.05, 3.63) is 0 Å². The molecule has 0 heterocycles. The maximum Gasteiger partial charge on any atom is 0.0351 e. The minimum Gasteiger partial charge on any atom is -0.305 e. The first-order valence-electron chi connectivity index (χ1n) is 4.61. The summed E-state index contributed by atoms with van der Waals surface area (Å²) in [5, 5.41) is 0. The first-order chi connectivity index (χ1) is 5.81. The zero-order chi connectivity index (χ0) is 9.23. The lowest BCUT2D eigenvalue weighted by Crippen LogP contribution is -2.21. The number of rotatable bonds is 8. The minimum absolute atomic E-state index is 0.734. The number of hydrogen-bond acceptors (Lipinski definition) is 1. The van der Waals surface area contributed by atoms with Crippen LogP contribution in [0.15, 0.2) is 0 Å². The fourth-order valence-electron chi connectivity index (χ4n) is 1.09. The van der Waals surface area contributed by atoms with E-state index in [9.17, 15) is 0 Å². The van der Waals surface area contributed by atoms with Gasteiger partial charge in [0.25, 0.3) is 0 Å². The summed E-state index contributed by atoms with van der Waals surface area (Å²) < 4.78 is 0. The molecule has 74 valence electrons. The van der Waals surface area contributed by atoms with E-state index in [1.54, 1.807) is 0 Å². The first kappa shape index (κ1) is 12.5. The standard InChI is InChI=1S/C9H19Cl2N/c1-12(9-7-11)8-5-3-2-4-6-10/h2-9H2,1H3. The molecule has 1 nitrogen and oxygen atoms in total. The van der Waals surface area contributed by atoms with Crippen molar-refractivity contribution in [2.75, 3.05) is 31.9 Å². The zero-order valence-electron chi connectivity index (χ0n) is 7.86. The van der Waals surface area contributed by atoms with Gasteiger partial charge in [-0.05, 0) is 26.4 Å². The Morgan fingerprint density at radius 1 is 0.833 bits per heavy atom. The van der Waals surface area contributed by atoms with Crippen LogP contribution >= 0.6 is 23.2 Å². The number of hydrogen-bond donors (Lipinski definition) is 0. The molecule has 0 aliphatic rings. The van der Waals surface area contributed by atoms with Crippen molar-refractivity contribution in [2.24, 2.45) is 0 Å². The second kappa shape index (κ2) is 9.63. The Labute approximate surface area is 86.0 Å². The summed E-state index contributed by atoms with van der Waals surface area (Å²) in [7, 11) is 2.12. The monoisotopic (exact) mass is 211 g/mol. The van der Waals surface area contributed by atoms with Gasteiger partial charge in [0.1, 0.15) is 0 Å². The fourth-order valence-corrected chi connectivity index (χ4v) is 1.56. The quantitative estimate of drug-likeness (QED) is 0.441. The van der Waals surface area contributed by atoms with E-state index in [0.29, 0.717) is 0 Å². The van der Waals surface area contributed by atoms with E-state index in [-0.39, 0.29) is 0 Å². The van der Waals surface area contributed by atoms with Crippen molar-refractivity contribution in [1.82, 2.24) is 4.90 Å². The van der Waals surface area contributed by atoms with Crippen molar-refractivity contribution in [1.29, 1.82) is 0 Å². The van der Waals surface area contributed by atoms with Gasteiger partial charge in [-0.2, -0.15) is 0 Å². The van der Waals surface area contributed by atoms with Gasteiger partial charge in [0, 0.05) is 18.3 Å². The lowest BCUT2D eigenvalue weighted by Gasteiger charge is -2.13. The molecule has 0 unspecified atom stereocenters. The van der Waals surface area contributed by atoms with Gasteiger partial charge in [0.2, 0.25) is 0 Å². The molecule has 0 amide bonds. The molecule has 12 heavy (non-hydrogen) atoms. The molecule has 0 aromatic carbocycles. The maximum absolute atomic E-state index is 5.60. The predicted molar refractivity (Wildman–Crippen MR) is 57.4 cm³/mol. The fraction of sp³-hybridized carbons (Fsp3) is 1.00. The Morgan fingerprint density at radius 3 is 2.08 bits per heavy atom. The number of unbranched alkanes of at least 4 members (excludes halogenated alkanes) is 3. The molecule has 0 rings (SSSR count). The van der Waals surface area contributed by atoms with Gasteiger partial charge in [-0.1, -0.05) is 12.8 Å². The SMILES string of the molecule is CN(CCCl)CCCCCCCl. The van der Waals surface area contributed by atoms with Crippen LogP contribution in [0.1, 0.15) is 25.7 Å². The molecular formula is C9H19Cl2N. The number of nitrogens with zero attached hydrogens (tertiary/aromatic N) is 1. The van der Waals surface area contributed by atoms with Crippen LogP contribution in [0.3, 0.4) is 0 Å². The highest BCUT2D eigenvalue weighted by Gasteiger charge is 1.95. The molecule has 0 radical (unpaired) electrons. The van der Waals surface area contributed by atoms with Gasteiger partial charge >= 0.3 is 0 Å².